The van der Waals surface area contributed by atoms with Crippen LogP contribution in [0.1, 0.15) is 11.1 Å². The number of hydrogen-bond acceptors (Lipinski definition) is 5. The van der Waals surface area contributed by atoms with Gasteiger partial charge in [-0.3, -0.25) is 9.36 Å². The number of aromatic nitrogens is 4. The van der Waals surface area contributed by atoms with E-state index < -0.39 is 0 Å². The number of halogens is 1. The van der Waals surface area contributed by atoms with Crippen LogP contribution in [0.25, 0.3) is 28.0 Å². The standard InChI is InChI=1S/C27H24ClN5O2S/c1-16-8-4-7-11-23(16)33-26(19-14-29-21-10-6-5-9-18(19)21)31-32-27(33)36-15-25(34)30-22-12-17(2)20(28)13-24(22)35-3/h4-14,29H,15H2,1-3H3,(H,30,34). The Bertz CT molecular complexity index is 1580. The lowest BCUT2D eigenvalue weighted by Crippen LogP contribution is -2.15. The first-order chi connectivity index (χ1) is 17.5. The lowest BCUT2D eigenvalue weighted by atomic mass is 10.1. The smallest absolute Gasteiger partial charge is 0.234 e. The number of amides is 1. The number of nitrogens with zero attached hydrogens (tertiary/aromatic N) is 3. The summed E-state index contributed by atoms with van der Waals surface area (Å²) < 4.78 is 7.39. The van der Waals surface area contributed by atoms with Crippen LogP contribution in [0.15, 0.2) is 72.0 Å². The Morgan fingerprint density at radius 1 is 1.08 bits per heavy atom. The number of thioether (sulfide) groups is 1. The number of aromatic amines is 1. The molecule has 9 heteroatoms. The van der Waals surface area contributed by atoms with E-state index in [-0.39, 0.29) is 11.7 Å². The highest BCUT2D eigenvalue weighted by Crippen LogP contribution is 2.34. The Hall–Kier alpha value is -3.75. The SMILES string of the molecule is COc1cc(Cl)c(C)cc1NC(=O)CSc1nnc(-c2c[nH]c3ccccc23)n1-c1ccccc1C. The Labute approximate surface area is 217 Å². The number of fused-ring (bicyclic) bond motifs is 1. The maximum Gasteiger partial charge on any atom is 0.234 e. The van der Waals surface area contributed by atoms with Crippen LogP contribution in [0.5, 0.6) is 5.75 Å². The molecule has 2 aromatic heterocycles. The molecule has 1 amide bonds. The molecule has 5 rings (SSSR count). The molecule has 0 saturated carbocycles. The van der Waals surface area contributed by atoms with Gasteiger partial charge in [-0.15, -0.1) is 10.2 Å². The summed E-state index contributed by atoms with van der Waals surface area (Å²) in [6.45, 7) is 3.92. The number of carbonyl (C=O) groups excluding carboxylic acids is 1. The lowest BCUT2D eigenvalue weighted by Gasteiger charge is -2.14. The second-order valence-electron chi connectivity index (χ2n) is 8.31. The van der Waals surface area contributed by atoms with Crippen LogP contribution in [0.4, 0.5) is 5.69 Å². The van der Waals surface area contributed by atoms with E-state index in [2.05, 4.69) is 26.6 Å². The third-order valence-electron chi connectivity index (χ3n) is 5.91. The highest BCUT2D eigenvalue weighted by Gasteiger charge is 2.21. The van der Waals surface area contributed by atoms with Crippen molar-refractivity contribution in [2.45, 2.75) is 19.0 Å². The zero-order valence-electron chi connectivity index (χ0n) is 20.0. The van der Waals surface area contributed by atoms with Gasteiger partial charge in [0.25, 0.3) is 0 Å². The molecule has 36 heavy (non-hydrogen) atoms. The van der Waals surface area contributed by atoms with Crippen LogP contribution in [-0.4, -0.2) is 38.5 Å². The molecule has 0 aliphatic carbocycles. The van der Waals surface area contributed by atoms with Gasteiger partial charge in [0, 0.05) is 33.8 Å². The van der Waals surface area contributed by atoms with Gasteiger partial charge in [0.15, 0.2) is 11.0 Å². The molecule has 0 fully saturated rings. The van der Waals surface area contributed by atoms with E-state index in [0.717, 1.165) is 33.3 Å². The minimum Gasteiger partial charge on any atom is -0.495 e. The van der Waals surface area contributed by atoms with Crippen molar-refractivity contribution in [3.05, 3.63) is 83.0 Å². The van der Waals surface area contributed by atoms with Crippen molar-refractivity contribution in [1.29, 1.82) is 0 Å². The Balaban J connectivity index is 1.47. The second-order valence-corrected chi connectivity index (χ2v) is 9.66. The summed E-state index contributed by atoms with van der Waals surface area (Å²) in [4.78, 5) is 16.2. The highest BCUT2D eigenvalue weighted by atomic mass is 35.5. The Morgan fingerprint density at radius 3 is 2.67 bits per heavy atom. The normalized spacial score (nSPS) is 11.1. The summed E-state index contributed by atoms with van der Waals surface area (Å²) in [6, 6.07) is 19.6. The van der Waals surface area contributed by atoms with Crippen molar-refractivity contribution in [2.75, 3.05) is 18.2 Å². The predicted molar refractivity (Wildman–Crippen MR) is 145 cm³/mol. The van der Waals surface area contributed by atoms with Gasteiger partial charge in [-0.25, -0.2) is 0 Å². The number of para-hydroxylation sites is 2. The number of benzene rings is 3. The van der Waals surface area contributed by atoms with Gasteiger partial charge in [0.05, 0.1) is 24.2 Å². The van der Waals surface area contributed by atoms with E-state index in [1.54, 1.807) is 19.2 Å². The number of hydrogen-bond donors (Lipinski definition) is 2. The van der Waals surface area contributed by atoms with Crippen LogP contribution >= 0.6 is 23.4 Å². The minimum absolute atomic E-state index is 0.142. The number of nitrogens with one attached hydrogen (secondary N) is 2. The van der Waals surface area contributed by atoms with Gasteiger partial charge in [0.2, 0.25) is 5.91 Å². The molecule has 0 atom stereocenters. The van der Waals surface area contributed by atoms with Crippen LogP contribution < -0.4 is 10.1 Å². The van der Waals surface area contributed by atoms with Crippen molar-refractivity contribution >= 4 is 45.9 Å². The molecule has 0 aliphatic heterocycles. The van der Waals surface area contributed by atoms with Crippen molar-refractivity contribution in [3.63, 3.8) is 0 Å². The maximum atomic E-state index is 12.9. The summed E-state index contributed by atoms with van der Waals surface area (Å²) in [5.74, 6) is 1.17. The average Bonchev–Trinajstić information content (AvgIpc) is 3.49. The quantitative estimate of drug-likeness (QED) is 0.243. The molecule has 3 aromatic carbocycles. The molecular formula is C27H24ClN5O2S. The molecule has 0 bridgehead atoms. The van der Waals surface area contributed by atoms with E-state index in [1.807, 2.05) is 67.1 Å². The molecule has 0 radical (unpaired) electrons. The van der Waals surface area contributed by atoms with E-state index >= 15 is 0 Å². The third kappa shape index (κ3) is 4.57. The molecule has 2 N–H and O–H groups in total. The Kier molecular flexibility index (Phi) is 6.71. The molecule has 7 nitrogen and oxygen atoms in total. The van der Waals surface area contributed by atoms with Crippen LogP contribution in [0, 0.1) is 13.8 Å². The van der Waals surface area contributed by atoms with Crippen molar-refractivity contribution in [3.8, 4) is 22.8 Å². The highest BCUT2D eigenvalue weighted by molar-refractivity contribution is 7.99. The van der Waals surface area contributed by atoms with Gasteiger partial charge < -0.3 is 15.0 Å². The molecule has 182 valence electrons. The van der Waals surface area contributed by atoms with Crippen molar-refractivity contribution in [1.82, 2.24) is 19.7 Å². The van der Waals surface area contributed by atoms with Crippen molar-refractivity contribution < 1.29 is 9.53 Å². The van der Waals surface area contributed by atoms with E-state index in [4.69, 9.17) is 16.3 Å². The fourth-order valence-corrected chi connectivity index (χ4v) is 4.97. The number of rotatable bonds is 7. The first kappa shape index (κ1) is 24.0. The third-order valence-corrected chi connectivity index (χ3v) is 7.24. The van der Waals surface area contributed by atoms with Crippen LogP contribution in [0.3, 0.4) is 0 Å². The monoisotopic (exact) mass is 517 g/mol. The molecular weight excluding hydrogens is 494 g/mol. The molecule has 0 spiro atoms. The van der Waals surface area contributed by atoms with Gasteiger partial charge in [-0.2, -0.15) is 0 Å². The zero-order chi connectivity index (χ0) is 25.2. The first-order valence-corrected chi connectivity index (χ1v) is 12.7. The summed E-state index contributed by atoms with van der Waals surface area (Å²) in [5, 5.41) is 14.2. The van der Waals surface area contributed by atoms with Crippen LogP contribution in [-0.2, 0) is 4.79 Å². The topological polar surface area (TPSA) is 84.8 Å². The number of aryl methyl sites for hydroxylation is 2. The Morgan fingerprint density at radius 2 is 1.86 bits per heavy atom. The first-order valence-electron chi connectivity index (χ1n) is 11.3. The van der Waals surface area contributed by atoms with E-state index in [1.165, 1.54) is 11.8 Å². The molecule has 2 heterocycles. The van der Waals surface area contributed by atoms with Crippen molar-refractivity contribution in [2.24, 2.45) is 0 Å². The fraction of sp³-hybridized carbons (Fsp3) is 0.148. The number of ether oxygens (including phenoxy) is 1. The molecule has 5 aromatic rings. The summed E-state index contributed by atoms with van der Waals surface area (Å²) in [7, 11) is 1.54. The number of H-pyrrole nitrogens is 1. The van der Waals surface area contributed by atoms with Crippen LogP contribution in [0.2, 0.25) is 5.02 Å². The number of carbonyl (C=O) groups is 1. The lowest BCUT2D eigenvalue weighted by molar-refractivity contribution is -0.113. The molecule has 0 saturated heterocycles. The van der Waals surface area contributed by atoms with E-state index in [9.17, 15) is 4.79 Å². The molecule has 0 unspecified atom stereocenters. The number of anilines is 1. The summed E-state index contributed by atoms with van der Waals surface area (Å²) >= 11 is 7.52. The molecule has 0 aliphatic rings. The minimum atomic E-state index is -0.187. The number of methoxy groups -OCH3 is 1. The summed E-state index contributed by atoms with van der Waals surface area (Å²) in [6.07, 6.45) is 1.94. The van der Waals surface area contributed by atoms with Gasteiger partial charge in [-0.05, 0) is 43.2 Å². The van der Waals surface area contributed by atoms with Gasteiger partial charge in [-0.1, -0.05) is 59.8 Å². The second kappa shape index (κ2) is 10.1. The summed E-state index contributed by atoms with van der Waals surface area (Å²) in [5.41, 5.74) is 5.42. The maximum absolute atomic E-state index is 12.9. The largest absolute Gasteiger partial charge is 0.495 e. The zero-order valence-corrected chi connectivity index (χ0v) is 21.6. The fourth-order valence-electron chi connectivity index (χ4n) is 4.07. The predicted octanol–water partition coefficient (Wildman–Crippen LogP) is 6.43. The van der Waals surface area contributed by atoms with Gasteiger partial charge in [0.1, 0.15) is 5.75 Å². The van der Waals surface area contributed by atoms with Gasteiger partial charge >= 0.3 is 0 Å². The average molecular weight is 518 g/mol. The van der Waals surface area contributed by atoms with E-state index in [0.29, 0.717) is 27.4 Å².